The lowest BCUT2D eigenvalue weighted by Crippen LogP contribution is -2.42. The summed E-state index contributed by atoms with van der Waals surface area (Å²) in [5.41, 5.74) is 3.17. The number of halogens is 1. The molecule has 3 aromatic rings. The first-order chi connectivity index (χ1) is 10.7. The zero-order valence-electron chi connectivity index (χ0n) is 11.9. The Labute approximate surface area is 132 Å². The van der Waals surface area contributed by atoms with Crippen LogP contribution < -0.4 is 10.1 Å². The summed E-state index contributed by atoms with van der Waals surface area (Å²) in [7, 11) is 0. The van der Waals surface area contributed by atoms with E-state index in [9.17, 15) is 4.79 Å². The number of nitrogens with zero attached hydrogens (tertiary/aromatic N) is 2. The number of hydrogen-bond donors (Lipinski definition) is 0. The van der Waals surface area contributed by atoms with Gasteiger partial charge in [-0.3, -0.25) is 4.79 Å². The third kappa shape index (κ3) is 2.14. The predicted octanol–water partition coefficient (Wildman–Crippen LogP) is 3.34. The van der Waals surface area contributed by atoms with Crippen molar-refractivity contribution in [2.24, 2.45) is 0 Å². The molecule has 0 bridgehead atoms. The lowest BCUT2D eigenvalue weighted by Gasteiger charge is -2.02. The van der Waals surface area contributed by atoms with Gasteiger partial charge in [0.05, 0.1) is 18.4 Å². The third-order valence-corrected chi connectivity index (χ3v) is 4.24. The van der Waals surface area contributed by atoms with E-state index < -0.39 is 0 Å². The molecule has 0 fully saturated rings. The maximum Gasteiger partial charge on any atom is 0.254 e. The molecule has 0 radical (unpaired) electrons. The first-order valence-corrected chi connectivity index (χ1v) is 7.61. The monoisotopic (exact) mass is 309 g/mol. The molecule has 22 heavy (non-hydrogen) atoms. The molecule has 0 saturated heterocycles. The molecule has 0 spiro atoms. The van der Waals surface area contributed by atoms with E-state index in [0.29, 0.717) is 5.02 Å². The van der Waals surface area contributed by atoms with E-state index in [1.54, 1.807) is 6.20 Å². The Morgan fingerprint density at radius 1 is 1.14 bits per heavy atom. The van der Waals surface area contributed by atoms with Crippen molar-refractivity contribution in [2.45, 2.75) is 13.0 Å². The topological polar surface area (TPSA) is 25.9 Å². The quantitative estimate of drug-likeness (QED) is 0.633. The molecule has 0 unspecified atom stereocenters. The summed E-state index contributed by atoms with van der Waals surface area (Å²) in [6.07, 6.45) is 4.65. The van der Waals surface area contributed by atoms with Crippen LogP contribution in [-0.4, -0.2) is 4.68 Å². The van der Waals surface area contributed by atoms with Crippen LogP contribution in [0.2, 0.25) is 5.02 Å². The Kier molecular flexibility index (Phi) is 3.09. The van der Waals surface area contributed by atoms with Crippen molar-refractivity contribution in [2.75, 3.05) is 0 Å². The predicted molar refractivity (Wildman–Crippen MR) is 88.6 cm³/mol. The average Bonchev–Trinajstić information content (AvgIpc) is 2.91. The Morgan fingerprint density at radius 3 is 2.86 bits per heavy atom. The summed E-state index contributed by atoms with van der Waals surface area (Å²) < 4.78 is 4.11. The standard InChI is InChI=1S/C18H14ClN2O/c19-14-5-3-4-13(10-14)11-15-8-9-20-17-7-2-1-6-16(17)18(22)12-21(15)20/h1-7,10-12H,8-9H2/q+1/b15-11+. The average molecular weight is 310 g/mol. The number of allylic oxidation sites excluding steroid dienone is 1. The van der Waals surface area contributed by atoms with E-state index in [4.69, 9.17) is 11.6 Å². The van der Waals surface area contributed by atoms with Gasteiger partial charge in [0, 0.05) is 11.1 Å². The fourth-order valence-corrected chi connectivity index (χ4v) is 3.20. The minimum absolute atomic E-state index is 0.0470. The first-order valence-electron chi connectivity index (χ1n) is 7.23. The second kappa shape index (κ2) is 5.11. The fourth-order valence-electron chi connectivity index (χ4n) is 3.00. The van der Waals surface area contributed by atoms with Gasteiger partial charge in [0.15, 0.2) is 0 Å². The van der Waals surface area contributed by atoms with Crippen LogP contribution >= 0.6 is 11.6 Å². The van der Waals surface area contributed by atoms with Crippen molar-refractivity contribution in [3.63, 3.8) is 0 Å². The van der Waals surface area contributed by atoms with Crippen LogP contribution in [-0.2, 0) is 6.54 Å². The van der Waals surface area contributed by atoms with Gasteiger partial charge < -0.3 is 0 Å². The van der Waals surface area contributed by atoms with Crippen molar-refractivity contribution < 1.29 is 4.68 Å². The van der Waals surface area contributed by atoms with E-state index in [0.717, 1.165) is 35.1 Å². The summed E-state index contributed by atoms with van der Waals surface area (Å²) >= 11 is 6.04. The molecular formula is C18H14ClN2O+. The van der Waals surface area contributed by atoms with Crippen LogP contribution in [0.25, 0.3) is 22.7 Å². The first kappa shape index (κ1) is 13.3. The summed E-state index contributed by atoms with van der Waals surface area (Å²) in [6.45, 7) is 0.868. The molecule has 2 heterocycles. The molecule has 2 aromatic carbocycles. The minimum atomic E-state index is 0.0470. The normalized spacial score (nSPS) is 15.4. The Morgan fingerprint density at radius 2 is 2.00 bits per heavy atom. The molecule has 0 atom stereocenters. The molecule has 4 heteroatoms. The van der Waals surface area contributed by atoms with Gasteiger partial charge in [0.25, 0.3) is 5.43 Å². The van der Waals surface area contributed by atoms with E-state index in [2.05, 4.69) is 10.8 Å². The smallest absolute Gasteiger partial charge is 0.254 e. The number of aromatic nitrogens is 2. The second-order valence-corrected chi connectivity index (χ2v) is 5.86. The molecule has 0 amide bonds. The molecule has 108 valence electrons. The molecule has 3 nitrogen and oxygen atoms in total. The highest BCUT2D eigenvalue weighted by Crippen LogP contribution is 2.20. The largest absolute Gasteiger partial charge is 0.282 e. The van der Waals surface area contributed by atoms with E-state index in [1.807, 2.05) is 53.2 Å². The third-order valence-electron chi connectivity index (χ3n) is 4.00. The van der Waals surface area contributed by atoms with Crippen LogP contribution in [0.1, 0.15) is 12.0 Å². The summed E-state index contributed by atoms with van der Waals surface area (Å²) in [4.78, 5) is 12.3. The van der Waals surface area contributed by atoms with Crippen molar-refractivity contribution in [1.82, 2.24) is 4.68 Å². The molecule has 0 aliphatic carbocycles. The number of rotatable bonds is 1. The molecule has 1 aliphatic heterocycles. The van der Waals surface area contributed by atoms with Crippen molar-refractivity contribution in [3.05, 3.63) is 75.5 Å². The maximum atomic E-state index is 12.3. The number of benzene rings is 2. The van der Waals surface area contributed by atoms with Crippen LogP contribution in [0.5, 0.6) is 0 Å². The molecule has 1 aromatic heterocycles. The van der Waals surface area contributed by atoms with Gasteiger partial charge in [-0.25, -0.2) is 0 Å². The highest BCUT2D eigenvalue weighted by molar-refractivity contribution is 6.30. The fraction of sp³-hybridized carbons (Fsp3) is 0.111. The van der Waals surface area contributed by atoms with Crippen LogP contribution in [0, 0.1) is 0 Å². The maximum absolute atomic E-state index is 12.3. The van der Waals surface area contributed by atoms with E-state index >= 15 is 0 Å². The Balaban J connectivity index is 1.91. The lowest BCUT2D eigenvalue weighted by molar-refractivity contribution is -0.661. The van der Waals surface area contributed by atoms with Crippen LogP contribution in [0.4, 0.5) is 0 Å². The number of para-hydroxylation sites is 1. The van der Waals surface area contributed by atoms with Crippen molar-refractivity contribution in [3.8, 4) is 0 Å². The van der Waals surface area contributed by atoms with Crippen molar-refractivity contribution in [1.29, 1.82) is 0 Å². The zero-order valence-corrected chi connectivity index (χ0v) is 12.6. The van der Waals surface area contributed by atoms with Gasteiger partial charge >= 0.3 is 0 Å². The summed E-state index contributed by atoms with van der Waals surface area (Å²) in [5.74, 6) is 0. The molecular weight excluding hydrogens is 296 g/mol. The molecule has 0 N–H and O–H groups in total. The summed E-state index contributed by atoms with van der Waals surface area (Å²) in [6, 6.07) is 15.5. The van der Waals surface area contributed by atoms with Gasteiger partial charge in [0.1, 0.15) is 5.52 Å². The Hall–Kier alpha value is -2.39. The van der Waals surface area contributed by atoms with Crippen LogP contribution in [0.3, 0.4) is 0 Å². The number of aryl methyl sites for hydroxylation is 1. The van der Waals surface area contributed by atoms with Gasteiger partial charge in [-0.1, -0.05) is 40.5 Å². The van der Waals surface area contributed by atoms with Crippen LogP contribution in [0.15, 0.2) is 59.5 Å². The highest BCUT2D eigenvalue weighted by atomic mass is 35.5. The molecule has 1 aliphatic rings. The van der Waals surface area contributed by atoms with Gasteiger partial charge in [-0.15, -0.1) is 4.68 Å². The minimum Gasteiger partial charge on any atom is -0.282 e. The second-order valence-electron chi connectivity index (χ2n) is 5.42. The molecule has 4 rings (SSSR count). The lowest BCUT2D eigenvalue weighted by atomic mass is 10.2. The van der Waals surface area contributed by atoms with Gasteiger partial charge in [-0.2, -0.15) is 0 Å². The van der Waals surface area contributed by atoms with E-state index in [-0.39, 0.29) is 5.43 Å². The molecule has 0 saturated carbocycles. The summed E-state index contributed by atoms with van der Waals surface area (Å²) in [5, 5.41) is 1.48. The van der Waals surface area contributed by atoms with Gasteiger partial charge in [-0.05, 0) is 29.8 Å². The van der Waals surface area contributed by atoms with Gasteiger partial charge in [0.2, 0.25) is 11.9 Å². The highest BCUT2D eigenvalue weighted by Gasteiger charge is 2.26. The Bertz CT molecular complexity index is 972. The SMILES string of the molecule is O=c1c[n+]2n(c3ccccc13)CC/C2=C\c1cccc(Cl)c1. The zero-order chi connectivity index (χ0) is 15.1. The van der Waals surface area contributed by atoms with E-state index in [1.165, 1.54) is 0 Å². The number of hydrogen-bond acceptors (Lipinski definition) is 1. The van der Waals surface area contributed by atoms with Crippen molar-refractivity contribution >= 4 is 34.3 Å². The number of fused-ring (bicyclic) bond motifs is 3.